The summed E-state index contributed by atoms with van der Waals surface area (Å²) in [6, 6.07) is 19.8. The number of aryl methyl sites for hydroxylation is 3. The van der Waals surface area contributed by atoms with E-state index in [2.05, 4.69) is 82.7 Å². The zero-order valence-electron chi connectivity index (χ0n) is 16.3. The van der Waals surface area contributed by atoms with Gasteiger partial charge in [-0.25, -0.2) is 9.97 Å². The molecule has 4 heteroatoms. The number of nitrogens with zero attached hydrogens (tertiary/aromatic N) is 3. The summed E-state index contributed by atoms with van der Waals surface area (Å²) in [7, 11) is 2.07. The fraction of sp³-hybridized carbons (Fsp3) is 0.250. The number of aromatic nitrogens is 3. The quantitative estimate of drug-likeness (QED) is 0.524. The molecule has 0 fully saturated rings. The molecule has 2 aromatic heterocycles. The van der Waals surface area contributed by atoms with E-state index in [1.54, 1.807) is 0 Å². The highest BCUT2D eigenvalue weighted by Gasteiger charge is 2.20. The molecule has 0 saturated carbocycles. The van der Waals surface area contributed by atoms with Crippen molar-refractivity contribution in [2.45, 2.75) is 32.2 Å². The van der Waals surface area contributed by atoms with Crippen LogP contribution in [0.15, 0.2) is 60.8 Å². The zero-order valence-corrected chi connectivity index (χ0v) is 16.3. The minimum atomic E-state index is 0.308. The average molecular weight is 368 g/mol. The Hall–Kier alpha value is -3.14. The third-order valence-corrected chi connectivity index (χ3v) is 5.71. The lowest BCUT2D eigenvalue weighted by Crippen LogP contribution is -2.18. The molecule has 5 rings (SSSR count). The largest absolute Gasteiger partial charge is 0.363 e. The molecule has 28 heavy (non-hydrogen) atoms. The van der Waals surface area contributed by atoms with E-state index in [-0.39, 0.29) is 0 Å². The number of fused-ring (bicyclic) bond motifs is 2. The molecule has 4 aromatic rings. The number of hydrogen-bond donors (Lipinski definition) is 1. The molecule has 1 N–H and O–H groups in total. The normalized spacial score (nSPS) is 16.1. The fourth-order valence-electron chi connectivity index (χ4n) is 4.29. The topological polar surface area (TPSA) is 42.7 Å². The van der Waals surface area contributed by atoms with Gasteiger partial charge in [0.15, 0.2) is 0 Å². The predicted molar refractivity (Wildman–Crippen MR) is 114 cm³/mol. The van der Waals surface area contributed by atoms with Crippen LogP contribution in [0.3, 0.4) is 0 Å². The first-order chi connectivity index (χ1) is 13.7. The van der Waals surface area contributed by atoms with Crippen molar-refractivity contribution in [2.75, 3.05) is 5.32 Å². The van der Waals surface area contributed by atoms with E-state index >= 15 is 0 Å². The Morgan fingerprint density at radius 1 is 1.04 bits per heavy atom. The molecule has 0 radical (unpaired) electrons. The van der Waals surface area contributed by atoms with Crippen LogP contribution in [0.25, 0.3) is 22.2 Å². The van der Waals surface area contributed by atoms with E-state index in [9.17, 15) is 0 Å². The van der Waals surface area contributed by atoms with Crippen LogP contribution < -0.4 is 5.32 Å². The third-order valence-electron chi connectivity index (χ3n) is 5.71. The van der Waals surface area contributed by atoms with Gasteiger partial charge in [0.1, 0.15) is 11.6 Å². The van der Waals surface area contributed by atoms with Crippen LogP contribution in [-0.2, 0) is 13.5 Å². The Morgan fingerprint density at radius 3 is 2.86 bits per heavy atom. The fourth-order valence-corrected chi connectivity index (χ4v) is 4.29. The van der Waals surface area contributed by atoms with Gasteiger partial charge in [-0.05, 0) is 54.8 Å². The van der Waals surface area contributed by atoms with Crippen molar-refractivity contribution in [1.29, 1.82) is 0 Å². The van der Waals surface area contributed by atoms with Gasteiger partial charge in [0, 0.05) is 30.4 Å². The van der Waals surface area contributed by atoms with Crippen LogP contribution in [-0.4, -0.2) is 14.5 Å². The lowest BCUT2D eigenvalue weighted by Gasteiger charge is -2.27. The summed E-state index contributed by atoms with van der Waals surface area (Å²) in [5, 5.41) is 4.92. The Labute approximate surface area is 165 Å². The van der Waals surface area contributed by atoms with Gasteiger partial charge in [-0.1, -0.05) is 36.4 Å². The van der Waals surface area contributed by atoms with Gasteiger partial charge < -0.3 is 9.88 Å². The van der Waals surface area contributed by atoms with Crippen LogP contribution in [0, 0.1) is 6.92 Å². The van der Waals surface area contributed by atoms with Crippen LogP contribution in [0.4, 0.5) is 5.82 Å². The monoisotopic (exact) mass is 368 g/mol. The van der Waals surface area contributed by atoms with E-state index in [1.807, 2.05) is 6.92 Å². The van der Waals surface area contributed by atoms with Gasteiger partial charge >= 0.3 is 0 Å². The summed E-state index contributed by atoms with van der Waals surface area (Å²) in [6.07, 6.45) is 5.59. The molecule has 0 spiro atoms. The lowest BCUT2D eigenvalue weighted by molar-refractivity contribution is 0.598. The smallest absolute Gasteiger partial charge is 0.130 e. The lowest BCUT2D eigenvalue weighted by atomic mass is 9.88. The maximum absolute atomic E-state index is 4.70. The van der Waals surface area contributed by atoms with Crippen molar-refractivity contribution in [3.8, 4) is 11.3 Å². The number of hydrogen-bond acceptors (Lipinski definition) is 3. The second-order valence-electron chi connectivity index (χ2n) is 7.67. The molecule has 1 unspecified atom stereocenters. The van der Waals surface area contributed by atoms with Crippen LogP contribution in [0.1, 0.15) is 35.8 Å². The number of rotatable bonds is 3. The Balaban J connectivity index is 1.50. The van der Waals surface area contributed by atoms with Gasteiger partial charge in [0.25, 0.3) is 0 Å². The van der Waals surface area contributed by atoms with Crippen molar-refractivity contribution in [3.63, 3.8) is 0 Å². The standard InChI is InChI=1S/C24H24N4/c1-16-25-22(19-11-10-18-12-13-28(2)23(18)14-19)15-24(26-16)27-21-9-5-7-17-6-3-4-8-20(17)21/h3-4,6,8,10-15,21H,5,7,9H2,1-2H3,(H,25,26,27). The number of anilines is 1. The SMILES string of the molecule is Cc1nc(NC2CCCc3ccccc32)cc(-c2ccc3ccn(C)c3c2)n1. The molecule has 2 aromatic carbocycles. The Kier molecular flexibility index (Phi) is 4.12. The molecular weight excluding hydrogens is 344 g/mol. The van der Waals surface area contributed by atoms with E-state index < -0.39 is 0 Å². The van der Waals surface area contributed by atoms with Crippen molar-refractivity contribution in [2.24, 2.45) is 7.05 Å². The maximum Gasteiger partial charge on any atom is 0.130 e. The number of benzene rings is 2. The third kappa shape index (κ3) is 3.05. The van der Waals surface area contributed by atoms with Gasteiger partial charge in [-0.2, -0.15) is 0 Å². The highest BCUT2D eigenvalue weighted by atomic mass is 15.0. The van der Waals surface area contributed by atoms with Gasteiger partial charge in [-0.15, -0.1) is 0 Å². The van der Waals surface area contributed by atoms with Crippen LogP contribution in [0.5, 0.6) is 0 Å². The summed E-state index contributed by atoms with van der Waals surface area (Å²) >= 11 is 0. The molecule has 2 heterocycles. The minimum Gasteiger partial charge on any atom is -0.363 e. The van der Waals surface area contributed by atoms with E-state index in [0.717, 1.165) is 29.3 Å². The molecule has 0 saturated heterocycles. The highest BCUT2D eigenvalue weighted by molar-refractivity contribution is 5.85. The summed E-state index contributed by atoms with van der Waals surface area (Å²) in [6.45, 7) is 1.96. The molecule has 0 amide bonds. The first kappa shape index (κ1) is 17.0. The summed E-state index contributed by atoms with van der Waals surface area (Å²) in [5.41, 5.74) is 6.14. The molecule has 0 bridgehead atoms. The van der Waals surface area contributed by atoms with E-state index in [4.69, 9.17) is 4.98 Å². The maximum atomic E-state index is 4.70. The average Bonchev–Trinajstić information content (AvgIpc) is 3.08. The van der Waals surface area contributed by atoms with Gasteiger partial charge in [0.2, 0.25) is 0 Å². The summed E-state index contributed by atoms with van der Waals surface area (Å²) in [4.78, 5) is 9.37. The number of nitrogens with one attached hydrogen (secondary N) is 1. The summed E-state index contributed by atoms with van der Waals surface area (Å²) < 4.78 is 2.14. The minimum absolute atomic E-state index is 0.308. The molecule has 1 aliphatic carbocycles. The first-order valence-electron chi connectivity index (χ1n) is 9.93. The van der Waals surface area contributed by atoms with Crippen molar-refractivity contribution >= 4 is 16.7 Å². The van der Waals surface area contributed by atoms with Crippen molar-refractivity contribution < 1.29 is 0 Å². The molecule has 1 aliphatic rings. The van der Waals surface area contributed by atoms with E-state index in [0.29, 0.717) is 6.04 Å². The molecular formula is C24H24N4. The zero-order chi connectivity index (χ0) is 19.1. The second-order valence-corrected chi connectivity index (χ2v) is 7.67. The van der Waals surface area contributed by atoms with E-state index in [1.165, 1.54) is 34.9 Å². The first-order valence-corrected chi connectivity index (χ1v) is 9.93. The molecule has 140 valence electrons. The van der Waals surface area contributed by atoms with Crippen molar-refractivity contribution in [3.05, 3.63) is 77.7 Å². The van der Waals surface area contributed by atoms with Gasteiger partial charge in [0.05, 0.1) is 11.7 Å². The molecule has 0 aliphatic heterocycles. The summed E-state index contributed by atoms with van der Waals surface area (Å²) in [5.74, 6) is 1.69. The molecule has 4 nitrogen and oxygen atoms in total. The Morgan fingerprint density at radius 2 is 1.93 bits per heavy atom. The Bertz CT molecular complexity index is 1160. The molecule has 1 atom stereocenters. The predicted octanol–water partition coefficient (Wildman–Crippen LogP) is 5.43. The van der Waals surface area contributed by atoms with Gasteiger partial charge in [-0.3, -0.25) is 0 Å². The van der Waals surface area contributed by atoms with Crippen LogP contribution >= 0.6 is 0 Å². The van der Waals surface area contributed by atoms with Crippen molar-refractivity contribution in [1.82, 2.24) is 14.5 Å². The highest BCUT2D eigenvalue weighted by Crippen LogP contribution is 2.33. The van der Waals surface area contributed by atoms with Crippen LogP contribution in [0.2, 0.25) is 0 Å². The second kappa shape index (κ2) is 6.79.